The molecule has 0 N–H and O–H groups in total. The second kappa shape index (κ2) is 7.17. The molecule has 3 aromatic carbocycles. The van der Waals surface area contributed by atoms with Gasteiger partial charge in [-0.2, -0.15) is 0 Å². The summed E-state index contributed by atoms with van der Waals surface area (Å²) in [5, 5.41) is 10.8. The van der Waals surface area contributed by atoms with Gasteiger partial charge >= 0.3 is 0 Å². The van der Waals surface area contributed by atoms with Crippen LogP contribution in [0.2, 0.25) is 0 Å². The average Bonchev–Trinajstić information content (AvgIpc) is 2.60. The lowest BCUT2D eigenvalue weighted by Gasteiger charge is -2.10. The molecule has 26 heavy (non-hydrogen) atoms. The Morgan fingerprint density at radius 1 is 0.692 bits per heavy atom. The Labute approximate surface area is 148 Å². The van der Waals surface area contributed by atoms with Crippen LogP contribution < -0.4 is 0 Å². The van der Waals surface area contributed by atoms with E-state index in [1.165, 1.54) is 12.1 Å². The fourth-order valence-electron chi connectivity index (χ4n) is 2.40. The van der Waals surface area contributed by atoms with Crippen LogP contribution in [-0.2, 0) is 10.9 Å². The van der Waals surface area contributed by atoms with E-state index in [0.29, 0.717) is 0 Å². The van der Waals surface area contributed by atoms with E-state index in [1.807, 2.05) is 0 Å². The summed E-state index contributed by atoms with van der Waals surface area (Å²) in [5.74, 6) is -3.85. The van der Waals surface area contributed by atoms with E-state index in [2.05, 4.69) is 0 Å². The number of nitro groups is 1. The second-order valence-electron chi connectivity index (χ2n) is 5.16. The van der Waals surface area contributed by atoms with Gasteiger partial charge in [-0.1, -0.05) is 12.1 Å². The van der Waals surface area contributed by atoms with Crippen LogP contribution in [0.1, 0.15) is 0 Å². The number of rotatable bonds is 4. The summed E-state index contributed by atoms with van der Waals surface area (Å²) < 4.78 is 57.4. The van der Waals surface area contributed by atoms with Crippen molar-refractivity contribution in [1.82, 2.24) is 0 Å². The van der Waals surface area contributed by atoms with Crippen molar-refractivity contribution in [3.05, 3.63) is 94.0 Å². The SMILES string of the molecule is O=[N+]([O-])c1ccc([S+](c2c(F)cccc2F)c2c(F)cccc2F)cc1. The zero-order valence-corrected chi connectivity index (χ0v) is 13.8. The van der Waals surface area contributed by atoms with Gasteiger partial charge in [0.25, 0.3) is 5.69 Å². The molecule has 0 aromatic heterocycles. The molecule has 0 unspecified atom stereocenters. The summed E-state index contributed by atoms with van der Waals surface area (Å²) >= 11 is 0. The topological polar surface area (TPSA) is 43.1 Å². The van der Waals surface area contributed by atoms with Gasteiger partial charge in [0.1, 0.15) is 10.9 Å². The van der Waals surface area contributed by atoms with E-state index < -0.39 is 48.9 Å². The molecule has 0 heterocycles. The van der Waals surface area contributed by atoms with Crippen molar-refractivity contribution in [2.24, 2.45) is 0 Å². The summed E-state index contributed by atoms with van der Waals surface area (Å²) in [6, 6.07) is 10.9. The molecule has 0 bridgehead atoms. The molecular weight excluding hydrogens is 370 g/mol. The summed E-state index contributed by atoms with van der Waals surface area (Å²) in [5.41, 5.74) is -0.250. The molecule has 0 amide bonds. The molecule has 3 nitrogen and oxygen atoms in total. The molecule has 0 atom stereocenters. The fraction of sp³-hybridized carbons (Fsp3) is 0. The van der Waals surface area contributed by atoms with Crippen LogP contribution in [0.15, 0.2) is 75.4 Å². The third-order valence-corrected chi connectivity index (χ3v) is 5.87. The standard InChI is InChI=1S/C18H10F4NO2S/c19-13-3-1-4-14(20)17(13)26(18-15(21)5-2-6-16(18)22)12-9-7-11(8-10-12)23(24)25/h1-10H/q+1. The Bertz CT molecular complexity index is 887. The maximum Gasteiger partial charge on any atom is 0.269 e. The first-order valence-corrected chi connectivity index (χ1v) is 8.49. The number of non-ortho nitro benzene ring substituents is 1. The molecule has 132 valence electrons. The quantitative estimate of drug-likeness (QED) is 0.269. The number of hydrogen-bond donors (Lipinski definition) is 0. The third kappa shape index (κ3) is 3.28. The van der Waals surface area contributed by atoms with E-state index in [0.717, 1.165) is 48.5 Å². The molecule has 0 aliphatic carbocycles. The van der Waals surface area contributed by atoms with E-state index in [9.17, 15) is 27.7 Å². The average molecular weight is 380 g/mol. The lowest BCUT2D eigenvalue weighted by atomic mass is 10.3. The summed E-state index contributed by atoms with van der Waals surface area (Å²) in [6.45, 7) is 0. The fourth-order valence-corrected chi connectivity index (χ4v) is 4.53. The highest BCUT2D eigenvalue weighted by Crippen LogP contribution is 2.37. The molecule has 0 radical (unpaired) electrons. The van der Waals surface area contributed by atoms with Crippen LogP contribution in [0.4, 0.5) is 23.2 Å². The lowest BCUT2D eigenvalue weighted by molar-refractivity contribution is -0.384. The minimum atomic E-state index is -1.81. The van der Waals surface area contributed by atoms with Crippen molar-refractivity contribution >= 4 is 16.6 Å². The van der Waals surface area contributed by atoms with Crippen molar-refractivity contribution in [2.75, 3.05) is 0 Å². The Balaban J connectivity index is 2.28. The first-order valence-electron chi connectivity index (χ1n) is 7.27. The van der Waals surface area contributed by atoms with E-state index in [1.54, 1.807) is 0 Å². The van der Waals surface area contributed by atoms with Crippen LogP contribution in [0.25, 0.3) is 0 Å². The van der Waals surface area contributed by atoms with Crippen LogP contribution in [0, 0.1) is 33.4 Å². The molecule has 0 saturated carbocycles. The van der Waals surface area contributed by atoms with E-state index >= 15 is 0 Å². The first-order chi connectivity index (χ1) is 12.4. The zero-order chi connectivity index (χ0) is 18.8. The Morgan fingerprint density at radius 3 is 1.42 bits per heavy atom. The highest BCUT2D eigenvalue weighted by Gasteiger charge is 2.40. The predicted molar refractivity (Wildman–Crippen MR) is 88.0 cm³/mol. The molecule has 0 saturated heterocycles. The van der Waals surface area contributed by atoms with Gasteiger partial charge in [0.05, 0.1) is 4.92 Å². The van der Waals surface area contributed by atoms with Crippen molar-refractivity contribution in [2.45, 2.75) is 14.7 Å². The van der Waals surface area contributed by atoms with Crippen molar-refractivity contribution < 1.29 is 22.5 Å². The Hall–Kier alpha value is -2.87. The van der Waals surface area contributed by atoms with Crippen molar-refractivity contribution in [1.29, 1.82) is 0 Å². The van der Waals surface area contributed by atoms with Gasteiger partial charge < -0.3 is 0 Å². The smallest absolute Gasteiger partial charge is 0.258 e. The first kappa shape index (κ1) is 17.9. The maximum atomic E-state index is 14.4. The third-order valence-electron chi connectivity index (χ3n) is 3.53. The van der Waals surface area contributed by atoms with Gasteiger partial charge in [-0.15, -0.1) is 0 Å². The minimum Gasteiger partial charge on any atom is -0.258 e. The number of nitro benzene ring substituents is 1. The largest absolute Gasteiger partial charge is 0.269 e. The Kier molecular flexibility index (Phi) is 4.94. The molecule has 3 aromatic rings. The molecular formula is C18H10F4NO2S+. The van der Waals surface area contributed by atoms with Crippen LogP contribution >= 0.6 is 0 Å². The normalized spacial score (nSPS) is 11.0. The summed E-state index contributed by atoms with van der Waals surface area (Å²) in [6.07, 6.45) is 0. The van der Waals surface area contributed by atoms with Gasteiger partial charge in [0.15, 0.2) is 28.2 Å². The lowest BCUT2D eigenvalue weighted by Crippen LogP contribution is -2.13. The second-order valence-corrected chi connectivity index (χ2v) is 7.06. The van der Waals surface area contributed by atoms with Gasteiger partial charge in [-0.05, 0) is 24.3 Å². The molecule has 0 fully saturated rings. The number of halogens is 4. The highest BCUT2D eigenvalue weighted by atomic mass is 32.2. The number of benzene rings is 3. The molecule has 3 rings (SSSR count). The van der Waals surface area contributed by atoms with Gasteiger partial charge in [-0.3, -0.25) is 10.1 Å². The minimum absolute atomic E-state index is 0.142. The van der Waals surface area contributed by atoms with Gasteiger partial charge in [-0.25, -0.2) is 17.6 Å². The van der Waals surface area contributed by atoms with E-state index in [4.69, 9.17) is 0 Å². The Morgan fingerprint density at radius 2 is 1.08 bits per heavy atom. The van der Waals surface area contributed by atoms with Gasteiger partial charge in [0.2, 0.25) is 9.79 Å². The monoisotopic (exact) mass is 380 g/mol. The summed E-state index contributed by atoms with van der Waals surface area (Å²) in [4.78, 5) is 9.29. The van der Waals surface area contributed by atoms with Gasteiger partial charge in [0, 0.05) is 24.3 Å². The maximum absolute atomic E-state index is 14.4. The molecule has 0 aliphatic rings. The molecule has 0 aliphatic heterocycles. The molecule has 8 heteroatoms. The summed E-state index contributed by atoms with van der Waals surface area (Å²) in [7, 11) is -1.81. The number of nitrogens with zero attached hydrogens (tertiary/aromatic N) is 1. The van der Waals surface area contributed by atoms with Crippen LogP contribution in [0.3, 0.4) is 0 Å². The van der Waals surface area contributed by atoms with Crippen molar-refractivity contribution in [3.63, 3.8) is 0 Å². The van der Waals surface area contributed by atoms with Crippen LogP contribution in [-0.4, -0.2) is 4.92 Å². The zero-order valence-electron chi connectivity index (χ0n) is 13.0. The van der Waals surface area contributed by atoms with Crippen LogP contribution in [0.5, 0.6) is 0 Å². The number of hydrogen-bond acceptors (Lipinski definition) is 2. The van der Waals surface area contributed by atoms with Crippen molar-refractivity contribution in [3.8, 4) is 0 Å². The van der Waals surface area contributed by atoms with E-state index in [-0.39, 0.29) is 10.6 Å². The predicted octanol–water partition coefficient (Wildman–Crippen LogP) is 5.25. The molecule has 0 spiro atoms. The highest BCUT2D eigenvalue weighted by molar-refractivity contribution is 7.97.